The van der Waals surface area contributed by atoms with Gasteiger partial charge in [0, 0.05) is 17.1 Å². The normalized spacial score (nSPS) is 18.0. The predicted molar refractivity (Wildman–Crippen MR) is 94.4 cm³/mol. The van der Waals surface area contributed by atoms with Crippen LogP contribution in [0.4, 0.5) is 4.39 Å². The lowest BCUT2D eigenvalue weighted by Gasteiger charge is -2.33. The Morgan fingerprint density at radius 2 is 2.29 bits per heavy atom. The number of amides is 1. The number of nitrogens with one attached hydrogen (secondary N) is 1. The minimum Gasteiger partial charge on any atom is -0.370 e. The van der Waals surface area contributed by atoms with Crippen LogP contribution in [0.15, 0.2) is 18.2 Å². The number of morpholine rings is 1. The molecule has 128 valence electrons. The number of aromatic amines is 1. The molecule has 24 heavy (non-hydrogen) atoms. The summed E-state index contributed by atoms with van der Waals surface area (Å²) in [5, 5.41) is 0. The van der Waals surface area contributed by atoms with Crippen molar-refractivity contribution >= 4 is 29.5 Å². The topological polar surface area (TPSA) is 45.3 Å². The Morgan fingerprint density at radius 3 is 2.96 bits per heavy atom. The van der Waals surface area contributed by atoms with Crippen molar-refractivity contribution in [2.75, 3.05) is 19.7 Å². The predicted octanol–water partition coefficient (Wildman–Crippen LogP) is 3.70. The Labute approximate surface area is 149 Å². The summed E-state index contributed by atoms with van der Waals surface area (Å²) < 4.78 is 19.9. The summed E-state index contributed by atoms with van der Waals surface area (Å²) in [7, 11) is 0. The van der Waals surface area contributed by atoms with E-state index in [2.05, 4.69) is 4.98 Å². The van der Waals surface area contributed by atoms with Gasteiger partial charge in [0.15, 0.2) is 3.95 Å². The van der Waals surface area contributed by atoms with Gasteiger partial charge < -0.3 is 14.6 Å². The third-order valence-electron chi connectivity index (χ3n) is 4.21. The average Bonchev–Trinajstić information content (AvgIpc) is 2.87. The summed E-state index contributed by atoms with van der Waals surface area (Å²) in [5.41, 5.74) is 2.44. The number of thiazole rings is 1. The highest BCUT2D eigenvalue weighted by Crippen LogP contribution is 2.25. The van der Waals surface area contributed by atoms with E-state index in [0.29, 0.717) is 35.6 Å². The number of halogens is 1. The number of nitrogens with zero attached hydrogens (tertiary/aromatic N) is 1. The van der Waals surface area contributed by atoms with Crippen LogP contribution in [0, 0.1) is 23.6 Å². The summed E-state index contributed by atoms with van der Waals surface area (Å²) in [6.07, 6.45) is 0.131. The van der Waals surface area contributed by atoms with Crippen molar-refractivity contribution in [3.05, 3.63) is 49.7 Å². The molecule has 1 aliphatic heterocycles. The molecule has 4 nitrogen and oxygen atoms in total. The largest absolute Gasteiger partial charge is 0.370 e. The second kappa shape index (κ2) is 7.13. The van der Waals surface area contributed by atoms with Crippen molar-refractivity contribution in [2.24, 2.45) is 0 Å². The number of aryl methyl sites for hydroxylation is 2. The van der Waals surface area contributed by atoms with E-state index >= 15 is 0 Å². The van der Waals surface area contributed by atoms with Crippen LogP contribution < -0.4 is 0 Å². The van der Waals surface area contributed by atoms with Crippen LogP contribution in [-0.2, 0) is 16.0 Å². The van der Waals surface area contributed by atoms with Gasteiger partial charge in [-0.05, 0) is 43.3 Å². The van der Waals surface area contributed by atoms with Crippen molar-refractivity contribution in [3.63, 3.8) is 0 Å². The molecule has 0 saturated carbocycles. The van der Waals surface area contributed by atoms with E-state index < -0.39 is 0 Å². The summed E-state index contributed by atoms with van der Waals surface area (Å²) in [5.74, 6) is -0.165. The second-order valence-corrected chi connectivity index (χ2v) is 7.72. The van der Waals surface area contributed by atoms with Crippen LogP contribution in [0.1, 0.15) is 27.8 Å². The smallest absolute Gasteiger partial charge is 0.228 e. The van der Waals surface area contributed by atoms with Gasteiger partial charge in [0.2, 0.25) is 5.91 Å². The molecule has 1 atom stereocenters. The zero-order valence-electron chi connectivity index (χ0n) is 13.6. The highest BCUT2D eigenvalue weighted by Gasteiger charge is 2.26. The van der Waals surface area contributed by atoms with E-state index in [-0.39, 0.29) is 17.8 Å². The molecule has 1 N–H and O–H groups in total. The molecule has 1 fully saturated rings. The lowest BCUT2D eigenvalue weighted by molar-refractivity contribution is -0.138. The minimum absolute atomic E-state index is 0.0653. The lowest BCUT2D eigenvalue weighted by atomic mass is 10.0. The first-order valence-corrected chi connectivity index (χ1v) is 9.00. The highest BCUT2D eigenvalue weighted by molar-refractivity contribution is 7.73. The molecule has 1 aromatic carbocycles. The van der Waals surface area contributed by atoms with Gasteiger partial charge in [-0.2, -0.15) is 0 Å². The lowest BCUT2D eigenvalue weighted by Crippen LogP contribution is -2.43. The fourth-order valence-electron chi connectivity index (χ4n) is 2.80. The quantitative estimate of drug-likeness (QED) is 0.843. The Morgan fingerprint density at radius 1 is 1.50 bits per heavy atom. The van der Waals surface area contributed by atoms with Crippen molar-refractivity contribution in [2.45, 2.75) is 26.4 Å². The number of hydrogen-bond donors (Lipinski definition) is 1. The summed E-state index contributed by atoms with van der Waals surface area (Å²) in [6.45, 7) is 5.20. The molecule has 1 amide bonds. The summed E-state index contributed by atoms with van der Waals surface area (Å²) in [4.78, 5) is 18.5. The molecule has 2 heterocycles. The van der Waals surface area contributed by atoms with Crippen molar-refractivity contribution < 1.29 is 13.9 Å². The third kappa shape index (κ3) is 3.74. The highest BCUT2D eigenvalue weighted by atomic mass is 32.1. The van der Waals surface area contributed by atoms with Crippen molar-refractivity contribution in [1.29, 1.82) is 0 Å². The van der Waals surface area contributed by atoms with Gasteiger partial charge in [0.05, 0.1) is 19.6 Å². The Balaban J connectivity index is 1.70. The zero-order valence-corrected chi connectivity index (χ0v) is 15.2. The van der Waals surface area contributed by atoms with Crippen LogP contribution in [0.5, 0.6) is 0 Å². The third-order valence-corrected chi connectivity index (χ3v) is 5.54. The number of aromatic nitrogens is 1. The first kappa shape index (κ1) is 17.3. The number of benzene rings is 1. The number of H-pyrrole nitrogens is 1. The van der Waals surface area contributed by atoms with Gasteiger partial charge in [0.1, 0.15) is 11.9 Å². The molecule has 1 saturated heterocycles. The number of hydrogen-bond acceptors (Lipinski definition) is 4. The fraction of sp³-hybridized carbons (Fsp3) is 0.412. The van der Waals surface area contributed by atoms with E-state index in [1.54, 1.807) is 19.1 Å². The Kier molecular flexibility index (Phi) is 5.12. The molecule has 1 aliphatic rings. The molecule has 3 rings (SSSR count). The molecule has 2 aromatic rings. The van der Waals surface area contributed by atoms with E-state index in [1.165, 1.54) is 17.4 Å². The van der Waals surface area contributed by atoms with Gasteiger partial charge in [-0.25, -0.2) is 4.39 Å². The maximum atomic E-state index is 13.4. The van der Waals surface area contributed by atoms with Gasteiger partial charge in [0.25, 0.3) is 0 Å². The molecule has 0 bridgehead atoms. The monoisotopic (exact) mass is 366 g/mol. The van der Waals surface area contributed by atoms with Crippen LogP contribution in [0.25, 0.3) is 0 Å². The van der Waals surface area contributed by atoms with E-state index in [0.717, 1.165) is 16.1 Å². The van der Waals surface area contributed by atoms with Crippen LogP contribution in [-0.4, -0.2) is 35.5 Å². The fourth-order valence-corrected chi connectivity index (χ4v) is 4.08. The van der Waals surface area contributed by atoms with E-state index in [1.807, 2.05) is 11.8 Å². The van der Waals surface area contributed by atoms with E-state index in [9.17, 15) is 9.18 Å². The minimum atomic E-state index is -0.230. The average molecular weight is 366 g/mol. The van der Waals surface area contributed by atoms with Crippen LogP contribution in [0.3, 0.4) is 0 Å². The maximum Gasteiger partial charge on any atom is 0.228 e. The summed E-state index contributed by atoms with van der Waals surface area (Å²) >= 11 is 6.57. The van der Waals surface area contributed by atoms with Gasteiger partial charge >= 0.3 is 0 Å². The zero-order chi connectivity index (χ0) is 17.3. The number of rotatable bonds is 3. The molecule has 0 spiro atoms. The molecular formula is C17H19FN2O2S2. The second-order valence-electron chi connectivity index (χ2n) is 5.95. The standard InChI is InChI=1S/C17H19FN2O2S2/c1-10-7-12(3-4-13(10)18)14-9-20(5-6-22-14)16(21)8-15-11(2)19-17(23)24-15/h3-4,7,14H,5-6,8-9H2,1-2H3,(H,19,23)/t14-/m1/s1. The molecular weight excluding hydrogens is 347 g/mol. The molecule has 0 aliphatic carbocycles. The first-order valence-electron chi connectivity index (χ1n) is 7.78. The Bertz CT molecular complexity index is 815. The van der Waals surface area contributed by atoms with Crippen molar-refractivity contribution in [3.8, 4) is 0 Å². The molecule has 0 unspecified atom stereocenters. The molecule has 7 heteroatoms. The number of carbonyl (C=O) groups is 1. The molecule has 0 radical (unpaired) electrons. The first-order chi connectivity index (χ1) is 11.4. The van der Waals surface area contributed by atoms with Gasteiger partial charge in [-0.3, -0.25) is 4.79 Å². The van der Waals surface area contributed by atoms with Gasteiger partial charge in [-0.1, -0.05) is 12.1 Å². The van der Waals surface area contributed by atoms with E-state index in [4.69, 9.17) is 17.0 Å². The SMILES string of the molecule is Cc1cc([C@H]2CN(C(=O)Cc3sc(=S)[nH]c3C)CCO2)ccc1F. The maximum absolute atomic E-state index is 13.4. The van der Waals surface area contributed by atoms with Crippen LogP contribution >= 0.6 is 23.6 Å². The van der Waals surface area contributed by atoms with Crippen molar-refractivity contribution in [1.82, 2.24) is 9.88 Å². The Hall–Kier alpha value is -1.57. The van der Waals surface area contributed by atoms with Crippen LogP contribution in [0.2, 0.25) is 0 Å². The number of carbonyl (C=O) groups excluding carboxylic acids is 1. The number of ether oxygens (including phenoxy) is 1. The van der Waals surface area contributed by atoms with Gasteiger partial charge in [-0.15, -0.1) is 11.3 Å². The molecule has 1 aromatic heterocycles. The summed E-state index contributed by atoms with van der Waals surface area (Å²) in [6, 6.07) is 4.96.